The molecule has 5 heteroatoms. The molecule has 0 aromatic heterocycles. The number of rotatable bonds is 10. The van der Waals surface area contributed by atoms with Gasteiger partial charge in [0.25, 0.3) is 5.91 Å². The van der Waals surface area contributed by atoms with Gasteiger partial charge in [-0.3, -0.25) is 14.6 Å². The lowest BCUT2D eigenvalue weighted by Gasteiger charge is -2.37. The molecule has 1 amide bonds. The summed E-state index contributed by atoms with van der Waals surface area (Å²) in [4.78, 5) is 17.8. The zero-order valence-corrected chi connectivity index (χ0v) is 24.3. The van der Waals surface area contributed by atoms with Gasteiger partial charge in [-0.1, -0.05) is 78.4 Å². The van der Waals surface area contributed by atoms with E-state index in [0.29, 0.717) is 17.6 Å². The van der Waals surface area contributed by atoms with Crippen molar-refractivity contribution in [2.45, 2.75) is 70.5 Å². The predicted octanol–water partition coefficient (Wildman–Crippen LogP) is 6.79. The molecule has 0 spiro atoms. The van der Waals surface area contributed by atoms with Gasteiger partial charge in [0.05, 0.1) is 0 Å². The minimum atomic E-state index is -0.397. The maximum Gasteiger partial charge on any atom is 0.257 e. The summed E-state index contributed by atoms with van der Waals surface area (Å²) in [6.45, 7) is 4.85. The lowest BCUT2D eigenvalue weighted by Crippen LogP contribution is -2.46. The van der Waals surface area contributed by atoms with Gasteiger partial charge in [0.1, 0.15) is 12.5 Å². The van der Waals surface area contributed by atoms with E-state index in [1.165, 1.54) is 40.7 Å². The largest absolute Gasteiger partial charge is 0.362 e. The van der Waals surface area contributed by atoms with E-state index in [0.717, 1.165) is 25.8 Å². The van der Waals surface area contributed by atoms with Gasteiger partial charge in [0.15, 0.2) is 0 Å². The van der Waals surface area contributed by atoms with Crippen LogP contribution in [0.5, 0.6) is 0 Å². The number of nitrogens with zero attached hydrogens (tertiary/aromatic N) is 2. The van der Waals surface area contributed by atoms with Crippen LogP contribution in [0.1, 0.15) is 66.6 Å². The van der Waals surface area contributed by atoms with Gasteiger partial charge in [0, 0.05) is 38.4 Å². The first kappa shape index (κ1) is 28.3. The number of ether oxygens (including phenoxy) is 2. The van der Waals surface area contributed by atoms with Crippen LogP contribution in [0.15, 0.2) is 90.5 Å². The first-order chi connectivity index (χ1) is 19.5. The number of piperidine rings is 1. The number of carbonyl (C=O) groups excluding carboxylic acids is 1. The molecule has 2 fully saturated rings. The summed E-state index contributed by atoms with van der Waals surface area (Å²) in [6.07, 6.45) is 5.04. The highest BCUT2D eigenvalue weighted by Gasteiger charge is 2.39. The van der Waals surface area contributed by atoms with E-state index in [1.807, 2.05) is 26.0 Å². The van der Waals surface area contributed by atoms with Gasteiger partial charge in [-0.15, -0.1) is 0 Å². The standard InChI is InChI=1S/C35H42N2O3/c1-25(39-3)37(26(2)40-4)35(38)30-17-15-29(16-18-30)34(28-13-9-6-10-14-28)31-23-32-19-20-33(24-31)36(32)22-21-27-11-7-5-8-12-27/h5-18,25-26,32-33H,19-24H2,1-4H3. The van der Waals surface area contributed by atoms with Crippen LogP contribution in [0.25, 0.3) is 5.57 Å². The Bertz CT molecular complexity index is 1260. The van der Waals surface area contributed by atoms with E-state index in [4.69, 9.17) is 9.47 Å². The summed E-state index contributed by atoms with van der Waals surface area (Å²) < 4.78 is 10.9. The van der Waals surface area contributed by atoms with Crippen molar-refractivity contribution in [3.63, 3.8) is 0 Å². The second-order valence-electron chi connectivity index (χ2n) is 11.1. The van der Waals surface area contributed by atoms with Crippen LogP contribution >= 0.6 is 0 Å². The van der Waals surface area contributed by atoms with E-state index in [1.54, 1.807) is 19.1 Å². The SMILES string of the molecule is COC(C)N(C(=O)c1ccc(C(=C2CC3CCC(C2)N3CCc2ccccc2)c2ccccc2)cc1)C(C)OC. The predicted molar refractivity (Wildman–Crippen MR) is 161 cm³/mol. The molecule has 2 aliphatic heterocycles. The van der Waals surface area contributed by atoms with Crippen molar-refractivity contribution in [1.29, 1.82) is 0 Å². The maximum absolute atomic E-state index is 13.4. The summed E-state index contributed by atoms with van der Waals surface area (Å²) in [6, 6.07) is 30.9. The summed E-state index contributed by atoms with van der Waals surface area (Å²) in [5.41, 5.74) is 7.33. The molecule has 210 valence electrons. The number of methoxy groups -OCH3 is 2. The molecule has 3 aromatic carbocycles. The molecule has 0 radical (unpaired) electrons. The Balaban J connectivity index is 1.41. The summed E-state index contributed by atoms with van der Waals surface area (Å²) >= 11 is 0. The number of fused-ring (bicyclic) bond motifs is 2. The van der Waals surface area contributed by atoms with E-state index in [-0.39, 0.29) is 5.91 Å². The van der Waals surface area contributed by atoms with E-state index in [9.17, 15) is 4.79 Å². The Morgan fingerprint density at radius 2 is 1.27 bits per heavy atom. The Labute approximate surface area is 239 Å². The molecular weight excluding hydrogens is 496 g/mol. The zero-order valence-electron chi connectivity index (χ0n) is 24.3. The van der Waals surface area contributed by atoms with Gasteiger partial charge < -0.3 is 9.47 Å². The highest BCUT2D eigenvalue weighted by atomic mass is 16.5. The zero-order chi connectivity index (χ0) is 28.1. The van der Waals surface area contributed by atoms with E-state index >= 15 is 0 Å². The molecule has 2 heterocycles. The number of carbonyl (C=O) groups is 1. The molecule has 40 heavy (non-hydrogen) atoms. The minimum Gasteiger partial charge on any atom is -0.362 e. The van der Waals surface area contributed by atoms with Crippen LogP contribution in [0.2, 0.25) is 0 Å². The second-order valence-corrected chi connectivity index (χ2v) is 11.1. The molecule has 2 aliphatic rings. The van der Waals surface area contributed by atoms with Gasteiger partial charge in [-0.2, -0.15) is 0 Å². The van der Waals surface area contributed by atoms with Crippen molar-refractivity contribution >= 4 is 11.5 Å². The van der Waals surface area contributed by atoms with Gasteiger partial charge in [-0.05, 0) is 80.3 Å². The van der Waals surface area contributed by atoms with Crippen molar-refractivity contribution in [3.8, 4) is 0 Å². The van der Waals surface area contributed by atoms with Crippen LogP contribution in [0.3, 0.4) is 0 Å². The number of hydrogen-bond donors (Lipinski definition) is 0. The van der Waals surface area contributed by atoms with Crippen molar-refractivity contribution < 1.29 is 14.3 Å². The molecular formula is C35H42N2O3. The molecule has 0 saturated carbocycles. The monoisotopic (exact) mass is 538 g/mol. The normalized spacial score (nSPS) is 20.2. The van der Waals surface area contributed by atoms with Crippen LogP contribution < -0.4 is 0 Å². The van der Waals surface area contributed by atoms with Gasteiger partial charge >= 0.3 is 0 Å². The van der Waals surface area contributed by atoms with E-state index < -0.39 is 12.5 Å². The summed E-state index contributed by atoms with van der Waals surface area (Å²) in [5.74, 6) is -0.103. The molecule has 3 aromatic rings. The molecule has 2 bridgehead atoms. The fourth-order valence-electron chi connectivity index (χ4n) is 6.54. The third kappa shape index (κ3) is 6.07. The number of amides is 1. The number of hydrogen-bond acceptors (Lipinski definition) is 4. The van der Waals surface area contributed by atoms with Crippen molar-refractivity contribution in [1.82, 2.24) is 9.80 Å². The first-order valence-electron chi connectivity index (χ1n) is 14.6. The molecule has 0 aliphatic carbocycles. The average molecular weight is 539 g/mol. The second kappa shape index (κ2) is 12.9. The maximum atomic E-state index is 13.4. The highest BCUT2D eigenvalue weighted by Crippen LogP contribution is 2.43. The van der Waals surface area contributed by atoms with Crippen molar-refractivity contribution in [2.75, 3.05) is 20.8 Å². The third-order valence-corrected chi connectivity index (χ3v) is 8.77. The van der Waals surface area contributed by atoms with Crippen LogP contribution in [0, 0.1) is 0 Å². The topological polar surface area (TPSA) is 42.0 Å². The quantitative estimate of drug-likeness (QED) is 0.267. The van der Waals surface area contributed by atoms with E-state index in [2.05, 4.69) is 77.7 Å². The molecule has 0 N–H and O–H groups in total. The van der Waals surface area contributed by atoms with Crippen LogP contribution in [-0.2, 0) is 15.9 Å². The molecule has 4 atom stereocenters. The first-order valence-corrected chi connectivity index (χ1v) is 14.6. The third-order valence-electron chi connectivity index (χ3n) is 8.77. The smallest absolute Gasteiger partial charge is 0.257 e. The molecule has 5 nitrogen and oxygen atoms in total. The number of benzene rings is 3. The summed E-state index contributed by atoms with van der Waals surface area (Å²) in [5, 5.41) is 0. The van der Waals surface area contributed by atoms with Gasteiger partial charge in [0.2, 0.25) is 0 Å². The Hall–Kier alpha value is -3.25. The van der Waals surface area contributed by atoms with Gasteiger partial charge in [-0.25, -0.2) is 0 Å². The summed E-state index contributed by atoms with van der Waals surface area (Å²) in [7, 11) is 3.21. The Morgan fingerprint density at radius 3 is 1.82 bits per heavy atom. The molecule has 5 rings (SSSR count). The average Bonchev–Trinajstić information content (AvgIpc) is 3.24. The Kier molecular flexibility index (Phi) is 9.15. The van der Waals surface area contributed by atoms with Crippen LogP contribution in [-0.4, -0.2) is 61.0 Å². The lowest BCUT2D eigenvalue weighted by molar-refractivity contribution is -0.0931. The molecule has 2 saturated heterocycles. The van der Waals surface area contributed by atoms with Crippen LogP contribution in [0.4, 0.5) is 0 Å². The fourth-order valence-corrected chi connectivity index (χ4v) is 6.54. The minimum absolute atomic E-state index is 0.103. The van der Waals surface area contributed by atoms with Crippen molar-refractivity contribution in [2.24, 2.45) is 0 Å². The van der Waals surface area contributed by atoms with Crippen molar-refractivity contribution in [3.05, 3.63) is 113 Å². The highest BCUT2D eigenvalue weighted by molar-refractivity contribution is 5.95. The molecule has 4 unspecified atom stereocenters. The fraction of sp³-hybridized carbons (Fsp3) is 0.400. The lowest BCUT2D eigenvalue weighted by atomic mass is 9.85. The Morgan fingerprint density at radius 1 is 0.775 bits per heavy atom.